The number of carbonyl (C=O) groups excluding carboxylic acids is 2. The van der Waals surface area contributed by atoms with E-state index in [4.69, 9.17) is 4.74 Å². The zero-order valence-corrected chi connectivity index (χ0v) is 15.0. The monoisotopic (exact) mass is 345 g/mol. The van der Waals surface area contributed by atoms with Crippen LogP contribution in [0.15, 0.2) is 24.3 Å². The van der Waals surface area contributed by atoms with Gasteiger partial charge in [0.15, 0.2) is 0 Å². The summed E-state index contributed by atoms with van der Waals surface area (Å²) in [6.45, 7) is 2.01. The van der Waals surface area contributed by atoms with Crippen molar-refractivity contribution in [3.8, 4) is 0 Å². The second kappa shape index (κ2) is 7.87. The topological polar surface area (TPSA) is 61.9 Å². The number of benzene rings is 1. The Labute approximate surface area is 149 Å². The molecular weight excluding hydrogens is 318 g/mol. The van der Waals surface area contributed by atoms with Gasteiger partial charge in [-0.15, -0.1) is 0 Å². The fourth-order valence-electron chi connectivity index (χ4n) is 3.41. The number of amides is 2. The first-order chi connectivity index (χ1) is 12.0. The molecule has 6 heteroatoms. The van der Waals surface area contributed by atoms with E-state index < -0.39 is 0 Å². The molecule has 6 nitrogen and oxygen atoms in total. The quantitative estimate of drug-likeness (QED) is 0.901. The number of nitrogens with one attached hydrogen (secondary N) is 1. The van der Waals surface area contributed by atoms with Crippen molar-refractivity contribution >= 4 is 17.5 Å². The van der Waals surface area contributed by atoms with E-state index in [1.165, 1.54) is 0 Å². The third-order valence-electron chi connectivity index (χ3n) is 4.96. The molecule has 2 fully saturated rings. The van der Waals surface area contributed by atoms with Crippen LogP contribution in [-0.4, -0.2) is 62.7 Å². The number of rotatable bonds is 4. The molecule has 25 heavy (non-hydrogen) atoms. The lowest BCUT2D eigenvalue weighted by Gasteiger charge is -2.33. The van der Waals surface area contributed by atoms with Gasteiger partial charge in [-0.25, -0.2) is 0 Å². The van der Waals surface area contributed by atoms with Crippen LogP contribution in [0.1, 0.15) is 36.0 Å². The van der Waals surface area contributed by atoms with E-state index in [0.29, 0.717) is 25.3 Å². The molecule has 1 atom stereocenters. The van der Waals surface area contributed by atoms with Crippen molar-refractivity contribution in [1.29, 1.82) is 0 Å². The third-order valence-corrected chi connectivity index (χ3v) is 4.96. The zero-order valence-electron chi connectivity index (χ0n) is 15.0. The van der Waals surface area contributed by atoms with E-state index in [-0.39, 0.29) is 24.0 Å². The van der Waals surface area contributed by atoms with E-state index in [2.05, 4.69) is 5.32 Å². The number of hydrogen-bond acceptors (Lipinski definition) is 4. The van der Waals surface area contributed by atoms with Crippen molar-refractivity contribution < 1.29 is 14.3 Å². The molecular formula is C19H27N3O3. The van der Waals surface area contributed by atoms with Crippen LogP contribution in [0, 0.1) is 0 Å². The second-order valence-corrected chi connectivity index (χ2v) is 7.02. The summed E-state index contributed by atoms with van der Waals surface area (Å²) in [4.78, 5) is 28.7. The van der Waals surface area contributed by atoms with Gasteiger partial charge in [0.1, 0.15) is 6.10 Å². The predicted molar refractivity (Wildman–Crippen MR) is 96.8 cm³/mol. The molecule has 1 N–H and O–H groups in total. The normalized spacial score (nSPS) is 21.2. The molecule has 1 aromatic carbocycles. The average molecular weight is 345 g/mol. The van der Waals surface area contributed by atoms with E-state index >= 15 is 0 Å². The number of carbonyl (C=O) groups is 2. The maximum atomic E-state index is 12.7. The van der Waals surface area contributed by atoms with E-state index in [9.17, 15) is 9.59 Å². The summed E-state index contributed by atoms with van der Waals surface area (Å²) in [6.07, 6.45) is 3.06. The summed E-state index contributed by atoms with van der Waals surface area (Å²) in [7, 11) is 3.93. The van der Waals surface area contributed by atoms with Crippen LogP contribution >= 0.6 is 0 Å². The van der Waals surface area contributed by atoms with Gasteiger partial charge >= 0.3 is 0 Å². The van der Waals surface area contributed by atoms with Crippen molar-refractivity contribution in [2.75, 3.05) is 38.7 Å². The van der Waals surface area contributed by atoms with Gasteiger partial charge in [0, 0.05) is 51.1 Å². The van der Waals surface area contributed by atoms with Gasteiger partial charge in [-0.05, 0) is 43.9 Å². The highest BCUT2D eigenvalue weighted by Gasteiger charge is 2.28. The standard InChI is InChI=1S/C19H27N3O3/c1-21(2)16-6-3-5-14(13-16)19(24)22-10-8-15(9-11-22)20-18(23)17-7-4-12-25-17/h3,5-6,13,15,17H,4,7-12H2,1-2H3,(H,20,23). The van der Waals surface area contributed by atoms with Gasteiger partial charge in [0.2, 0.25) is 5.91 Å². The number of hydrogen-bond donors (Lipinski definition) is 1. The fraction of sp³-hybridized carbons (Fsp3) is 0.579. The average Bonchev–Trinajstić information content (AvgIpc) is 3.17. The Kier molecular flexibility index (Phi) is 5.58. The lowest BCUT2D eigenvalue weighted by Crippen LogP contribution is -2.48. The van der Waals surface area contributed by atoms with Crippen molar-refractivity contribution in [3.05, 3.63) is 29.8 Å². The smallest absolute Gasteiger partial charge is 0.253 e. The van der Waals surface area contributed by atoms with Crippen molar-refractivity contribution in [2.24, 2.45) is 0 Å². The molecule has 0 radical (unpaired) electrons. The van der Waals surface area contributed by atoms with Crippen LogP contribution in [0.5, 0.6) is 0 Å². The lowest BCUT2D eigenvalue weighted by atomic mass is 10.0. The Morgan fingerprint density at radius 2 is 1.96 bits per heavy atom. The molecule has 136 valence electrons. The summed E-state index contributed by atoms with van der Waals surface area (Å²) in [5.74, 6) is 0.0635. The number of anilines is 1. The van der Waals surface area contributed by atoms with Gasteiger partial charge in [-0.2, -0.15) is 0 Å². The molecule has 1 aromatic rings. The molecule has 0 aromatic heterocycles. The van der Waals surface area contributed by atoms with Gasteiger partial charge in [0.05, 0.1) is 0 Å². The first kappa shape index (κ1) is 17.7. The highest BCUT2D eigenvalue weighted by atomic mass is 16.5. The molecule has 3 rings (SSSR count). The molecule has 2 amide bonds. The first-order valence-electron chi connectivity index (χ1n) is 9.03. The van der Waals surface area contributed by atoms with Crippen LogP contribution in [0.25, 0.3) is 0 Å². The molecule has 2 aliphatic rings. The van der Waals surface area contributed by atoms with Gasteiger partial charge in [-0.1, -0.05) is 6.07 Å². The predicted octanol–water partition coefficient (Wildman–Crippen LogP) is 1.65. The Balaban J connectivity index is 1.52. The fourth-order valence-corrected chi connectivity index (χ4v) is 3.41. The highest BCUT2D eigenvalue weighted by molar-refractivity contribution is 5.95. The molecule has 0 saturated carbocycles. The number of ether oxygens (including phenoxy) is 1. The Morgan fingerprint density at radius 1 is 1.20 bits per heavy atom. The van der Waals surface area contributed by atoms with Crippen molar-refractivity contribution in [1.82, 2.24) is 10.2 Å². The van der Waals surface area contributed by atoms with E-state index in [1.807, 2.05) is 48.2 Å². The summed E-state index contributed by atoms with van der Waals surface area (Å²) in [5.41, 5.74) is 1.73. The lowest BCUT2D eigenvalue weighted by molar-refractivity contribution is -0.131. The van der Waals surface area contributed by atoms with Gasteiger partial charge < -0.3 is 19.9 Å². The Hall–Kier alpha value is -2.08. The number of piperidine rings is 1. The molecule has 0 bridgehead atoms. The summed E-state index contributed by atoms with van der Waals surface area (Å²) < 4.78 is 5.42. The maximum absolute atomic E-state index is 12.7. The highest BCUT2D eigenvalue weighted by Crippen LogP contribution is 2.19. The van der Waals surface area contributed by atoms with Crippen molar-refractivity contribution in [3.63, 3.8) is 0 Å². The van der Waals surface area contributed by atoms with Crippen LogP contribution in [0.4, 0.5) is 5.69 Å². The van der Waals surface area contributed by atoms with Gasteiger partial charge in [-0.3, -0.25) is 9.59 Å². The number of likely N-dealkylation sites (tertiary alicyclic amines) is 1. The second-order valence-electron chi connectivity index (χ2n) is 7.02. The largest absolute Gasteiger partial charge is 0.378 e. The van der Waals surface area contributed by atoms with Crippen LogP contribution in [-0.2, 0) is 9.53 Å². The first-order valence-corrected chi connectivity index (χ1v) is 9.03. The molecule has 1 unspecified atom stereocenters. The molecule has 0 spiro atoms. The van der Waals surface area contributed by atoms with Crippen molar-refractivity contribution in [2.45, 2.75) is 37.8 Å². The minimum absolute atomic E-state index is 0.000890. The number of nitrogens with zero attached hydrogens (tertiary/aromatic N) is 2. The Bertz CT molecular complexity index is 618. The minimum atomic E-state index is -0.284. The van der Waals surface area contributed by atoms with Crippen LogP contribution in [0.2, 0.25) is 0 Å². The zero-order chi connectivity index (χ0) is 17.8. The van der Waals surface area contributed by atoms with Crippen LogP contribution < -0.4 is 10.2 Å². The SMILES string of the molecule is CN(C)c1cccc(C(=O)N2CCC(NC(=O)C3CCCO3)CC2)c1. The summed E-state index contributed by atoms with van der Waals surface area (Å²) in [6, 6.07) is 7.82. The molecule has 2 aliphatic heterocycles. The molecule has 2 heterocycles. The maximum Gasteiger partial charge on any atom is 0.253 e. The minimum Gasteiger partial charge on any atom is -0.378 e. The Morgan fingerprint density at radius 3 is 2.60 bits per heavy atom. The molecule has 2 saturated heterocycles. The third kappa shape index (κ3) is 4.31. The van der Waals surface area contributed by atoms with E-state index in [0.717, 1.165) is 31.4 Å². The van der Waals surface area contributed by atoms with Gasteiger partial charge in [0.25, 0.3) is 5.91 Å². The van der Waals surface area contributed by atoms with E-state index in [1.54, 1.807) is 0 Å². The summed E-state index contributed by atoms with van der Waals surface area (Å²) in [5, 5.41) is 3.08. The molecule has 0 aliphatic carbocycles. The summed E-state index contributed by atoms with van der Waals surface area (Å²) >= 11 is 0. The van der Waals surface area contributed by atoms with Crippen LogP contribution in [0.3, 0.4) is 0 Å².